The minimum absolute atomic E-state index is 0.363. The lowest BCUT2D eigenvalue weighted by molar-refractivity contribution is 0.162. The van der Waals surface area contributed by atoms with Crippen LogP contribution in [-0.4, -0.2) is 11.2 Å². The van der Waals surface area contributed by atoms with Crippen molar-refractivity contribution in [1.29, 1.82) is 0 Å². The Labute approximate surface area is 90.1 Å². The zero-order valence-corrected chi connectivity index (χ0v) is 9.32. The Hall–Kier alpha value is -0.200. The fourth-order valence-corrected chi connectivity index (χ4v) is 1.55. The number of hydrogen-bond acceptors (Lipinski definition) is 2. The van der Waals surface area contributed by atoms with Crippen LogP contribution in [0.3, 0.4) is 0 Å². The van der Waals surface area contributed by atoms with Crippen LogP contribution in [0, 0.1) is 9.39 Å². The predicted molar refractivity (Wildman–Crippen MR) is 57.7 cm³/mol. The standard InChI is InChI=1S/C9H11FINO/c1-5(13)9(12)7-4-6(11)2-3-8(7)10/h2-5,9,13H,12H2,1H3/t5-,9-/m0/s1. The Morgan fingerprint density at radius 1 is 1.54 bits per heavy atom. The molecule has 1 aromatic carbocycles. The molecule has 3 N–H and O–H groups in total. The quantitative estimate of drug-likeness (QED) is 0.817. The lowest BCUT2D eigenvalue weighted by Gasteiger charge is -2.15. The zero-order valence-electron chi connectivity index (χ0n) is 7.17. The highest BCUT2D eigenvalue weighted by Gasteiger charge is 2.16. The van der Waals surface area contributed by atoms with Crippen LogP contribution in [0.2, 0.25) is 0 Å². The van der Waals surface area contributed by atoms with Gasteiger partial charge in [-0.3, -0.25) is 0 Å². The molecule has 0 aliphatic rings. The van der Waals surface area contributed by atoms with E-state index in [1.54, 1.807) is 19.1 Å². The molecule has 0 radical (unpaired) electrons. The van der Waals surface area contributed by atoms with Crippen LogP contribution in [0.4, 0.5) is 4.39 Å². The molecule has 0 fully saturated rings. The van der Waals surface area contributed by atoms with Gasteiger partial charge in [-0.2, -0.15) is 0 Å². The van der Waals surface area contributed by atoms with E-state index < -0.39 is 12.1 Å². The number of nitrogens with two attached hydrogens (primary N) is 1. The molecule has 0 aliphatic heterocycles. The van der Waals surface area contributed by atoms with Crippen molar-refractivity contribution in [3.63, 3.8) is 0 Å². The van der Waals surface area contributed by atoms with Gasteiger partial charge in [-0.15, -0.1) is 0 Å². The minimum atomic E-state index is -0.743. The third kappa shape index (κ3) is 2.62. The van der Waals surface area contributed by atoms with Gasteiger partial charge in [0.15, 0.2) is 0 Å². The van der Waals surface area contributed by atoms with Crippen LogP contribution in [0.15, 0.2) is 18.2 Å². The van der Waals surface area contributed by atoms with Crippen molar-refractivity contribution in [2.75, 3.05) is 0 Å². The maximum absolute atomic E-state index is 13.2. The molecule has 1 rings (SSSR count). The number of hydrogen-bond donors (Lipinski definition) is 2. The van der Waals surface area contributed by atoms with Gasteiger partial charge >= 0.3 is 0 Å². The molecular weight excluding hydrogens is 284 g/mol. The molecule has 0 aliphatic carbocycles. The van der Waals surface area contributed by atoms with E-state index in [0.29, 0.717) is 5.56 Å². The third-order valence-electron chi connectivity index (χ3n) is 1.84. The first kappa shape index (κ1) is 10.9. The summed E-state index contributed by atoms with van der Waals surface area (Å²) in [5.74, 6) is -0.367. The van der Waals surface area contributed by atoms with Crippen LogP contribution < -0.4 is 5.73 Å². The van der Waals surface area contributed by atoms with Crippen molar-refractivity contribution in [3.05, 3.63) is 33.1 Å². The minimum Gasteiger partial charge on any atom is -0.391 e. The summed E-state index contributed by atoms with van der Waals surface area (Å²) in [5, 5.41) is 9.20. The van der Waals surface area contributed by atoms with Crippen molar-refractivity contribution in [3.8, 4) is 0 Å². The maximum Gasteiger partial charge on any atom is 0.128 e. The summed E-state index contributed by atoms with van der Waals surface area (Å²) in [6, 6.07) is 4.01. The first-order valence-corrected chi connectivity index (χ1v) is 4.99. The van der Waals surface area contributed by atoms with Crippen LogP contribution >= 0.6 is 22.6 Å². The van der Waals surface area contributed by atoms with Gasteiger partial charge in [0.05, 0.1) is 12.1 Å². The van der Waals surface area contributed by atoms with Crippen molar-refractivity contribution in [2.45, 2.75) is 19.1 Å². The van der Waals surface area contributed by atoms with Crippen molar-refractivity contribution in [1.82, 2.24) is 0 Å². The Kier molecular flexibility index (Phi) is 3.63. The Balaban J connectivity index is 3.05. The molecule has 13 heavy (non-hydrogen) atoms. The van der Waals surface area contributed by atoms with Gasteiger partial charge in [0, 0.05) is 9.13 Å². The first-order valence-electron chi connectivity index (χ1n) is 3.91. The molecular formula is C9H11FINO. The van der Waals surface area contributed by atoms with E-state index in [1.165, 1.54) is 6.07 Å². The Morgan fingerprint density at radius 3 is 2.69 bits per heavy atom. The van der Waals surface area contributed by atoms with E-state index in [-0.39, 0.29) is 5.82 Å². The van der Waals surface area contributed by atoms with E-state index in [0.717, 1.165) is 3.57 Å². The van der Waals surface area contributed by atoms with E-state index >= 15 is 0 Å². The van der Waals surface area contributed by atoms with Gasteiger partial charge in [0.25, 0.3) is 0 Å². The number of halogens is 2. The van der Waals surface area contributed by atoms with Gasteiger partial charge in [-0.25, -0.2) is 4.39 Å². The number of rotatable bonds is 2. The molecule has 0 heterocycles. The zero-order chi connectivity index (χ0) is 10.0. The number of aliphatic hydroxyl groups excluding tert-OH is 1. The average molecular weight is 295 g/mol. The highest BCUT2D eigenvalue weighted by atomic mass is 127. The fraction of sp³-hybridized carbons (Fsp3) is 0.333. The summed E-state index contributed by atoms with van der Waals surface area (Å²) in [4.78, 5) is 0. The molecule has 0 saturated heterocycles. The number of aliphatic hydroxyl groups is 1. The molecule has 0 aromatic heterocycles. The summed E-state index contributed by atoms with van der Waals surface area (Å²) >= 11 is 2.07. The van der Waals surface area contributed by atoms with Crippen LogP contribution in [0.5, 0.6) is 0 Å². The fourth-order valence-electron chi connectivity index (χ4n) is 1.03. The molecule has 2 nitrogen and oxygen atoms in total. The second kappa shape index (κ2) is 4.34. The Morgan fingerprint density at radius 2 is 2.15 bits per heavy atom. The summed E-state index contributed by atoms with van der Waals surface area (Å²) in [6.45, 7) is 1.55. The van der Waals surface area contributed by atoms with Crippen molar-refractivity contribution < 1.29 is 9.50 Å². The van der Waals surface area contributed by atoms with Gasteiger partial charge in [0.1, 0.15) is 5.82 Å². The van der Waals surface area contributed by atoms with Gasteiger partial charge in [-0.1, -0.05) is 0 Å². The summed E-state index contributed by atoms with van der Waals surface area (Å²) in [5.41, 5.74) is 5.98. The van der Waals surface area contributed by atoms with Crippen LogP contribution in [-0.2, 0) is 0 Å². The van der Waals surface area contributed by atoms with Crippen molar-refractivity contribution >= 4 is 22.6 Å². The predicted octanol–water partition coefficient (Wildman–Crippen LogP) is 1.81. The van der Waals surface area contributed by atoms with Crippen LogP contribution in [0.1, 0.15) is 18.5 Å². The second-order valence-corrected chi connectivity index (χ2v) is 4.18. The lowest BCUT2D eigenvalue weighted by Crippen LogP contribution is -2.24. The molecule has 0 spiro atoms. The van der Waals surface area contributed by atoms with Crippen LogP contribution in [0.25, 0.3) is 0 Å². The molecule has 0 amide bonds. The van der Waals surface area contributed by atoms with Gasteiger partial charge < -0.3 is 10.8 Å². The molecule has 0 unspecified atom stereocenters. The molecule has 1 aromatic rings. The molecule has 2 atom stereocenters. The second-order valence-electron chi connectivity index (χ2n) is 2.93. The summed E-state index contributed by atoms with van der Waals surface area (Å²) in [7, 11) is 0. The monoisotopic (exact) mass is 295 g/mol. The van der Waals surface area contributed by atoms with E-state index in [1.807, 2.05) is 0 Å². The molecule has 72 valence electrons. The van der Waals surface area contributed by atoms with E-state index in [2.05, 4.69) is 22.6 Å². The van der Waals surface area contributed by atoms with E-state index in [4.69, 9.17) is 5.73 Å². The largest absolute Gasteiger partial charge is 0.391 e. The van der Waals surface area contributed by atoms with Crippen molar-refractivity contribution in [2.24, 2.45) is 5.73 Å². The SMILES string of the molecule is C[C@H](O)[C@H](N)c1cc(I)ccc1F. The third-order valence-corrected chi connectivity index (χ3v) is 2.51. The molecule has 4 heteroatoms. The first-order chi connectivity index (χ1) is 6.02. The molecule has 0 saturated carbocycles. The highest BCUT2D eigenvalue weighted by Crippen LogP contribution is 2.20. The maximum atomic E-state index is 13.2. The summed E-state index contributed by atoms with van der Waals surface area (Å²) in [6.07, 6.45) is -0.743. The lowest BCUT2D eigenvalue weighted by atomic mass is 10.0. The Bertz CT molecular complexity index is 304. The normalized spacial score (nSPS) is 15.5. The number of benzene rings is 1. The van der Waals surface area contributed by atoms with E-state index in [9.17, 15) is 9.50 Å². The van der Waals surface area contributed by atoms with Gasteiger partial charge in [0.2, 0.25) is 0 Å². The summed E-state index contributed by atoms with van der Waals surface area (Å²) < 4.78 is 14.1. The smallest absolute Gasteiger partial charge is 0.128 e. The topological polar surface area (TPSA) is 46.2 Å². The molecule has 0 bridgehead atoms. The highest BCUT2D eigenvalue weighted by molar-refractivity contribution is 14.1. The van der Waals surface area contributed by atoms with Gasteiger partial charge in [-0.05, 0) is 47.7 Å². The average Bonchev–Trinajstić information content (AvgIpc) is 2.08.